The molecule has 2 nitrogen and oxygen atoms in total. The molecule has 0 bridgehead atoms. The highest BCUT2D eigenvalue weighted by molar-refractivity contribution is 7.99. The van der Waals surface area contributed by atoms with Gasteiger partial charge in [0.15, 0.2) is 0 Å². The summed E-state index contributed by atoms with van der Waals surface area (Å²) in [5.41, 5.74) is 3.72. The first-order valence-corrected chi connectivity index (χ1v) is 7.84. The molecule has 0 atom stereocenters. The largest absolute Gasteiger partial charge is 0.245 e. The van der Waals surface area contributed by atoms with Crippen molar-refractivity contribution in [3.05, 3.63) is 47.7 Å². The molecule has 102 valence electrons. The number of benzene rings is 1. The van der Waals surface area contributed by atoms with Crippen LogP contribution in [0.2, 0.25) is 0 Å². The Morgan fingerprint density at radius 1 is 1.25 bits per heavy atom. The minimum absolute atomic E-state index is 0.697. The standard InChI is InChI=1S/C17H18N2S/c1-3-4-10-20-17-16(12-18)15(11-13(2)19-17)14-8-6-5-7-9-14/h5-9,11H,3-4,10H2,1-2H3. The van der Waals surface area contributed by atoms with E-state index in [4.69, 9.17) is 0 Å². The molecule has 0 fully saturated rings. The normalized spacial score (nSPS) is 10.2. The molecular weight excluding hydrogens is 264 g/mol. The highest BCUT2D eigenvalue weighted by Gasteiger charge is 2.13. The fourth-order valence-electron chi connectivity index (χ4n) is 2.02. The van der Waals surface area contributed by atoms with Gasteiger partial charge in [-0.1, -0.05) is 43.7 Å². The number of nitrogens with zero attached hydrogens (tertiary/aromatic N) is 2. The van der Waals surface area contributed by atoms with Gasteiger partial charge in [0.2, 0.25) is 0 Å². The zero-order valence-corrected chi connectivity index (χ0v) is 12.7. The Balaban J connectivity index is 2.44. The minimum Gasteiger partial charge on any atom is -0.245 e. The van der Waals surface area contributed by atoms with Crippen molar-refractivity contribution in [3.63, 3.8) is 0 Å². The second-order valence-electron chi connectivity index (χ2n) is 4.67. The average molecular weight is 282 g/mol. The first-order chi connectivity index (χ1) is 9.76. The van der Waals surface area contributed by atoms with Crippen LogP contribution in [-0.2, 0) is 0 Å². The molecule has 1 heterocycles. The van der Waals surface area contributed by atoms with Crippen molar-refractivity contribution in [1.29, 1.82) is 5.26 Å². The topological polar surface area (TPSA) is 36.7 Å². The van der Waals surface area contributed by atoms with E-state index in [1.807, 2.05) is 43.3 Å². The molecule has 0 aliphatic rings. The average Bonchev–Trinajstić information content (AvgIpc) is 2.48. The first kappa shape index (κ1) is 14.6. The maximum Gasteiger partial charge on any atom is 0.115 e. The van der Waals surface area contributed by atoms with Crippen LogP contribution in [0.4, 0.5) is 0 Å². The van der Waals surface area contributed by atoms with E-state index in [-0.39, 0.29) is 0 Å². The summed E-state index contributed by atoms with van der Waals surface area (Å²) in [6.45, 7) is 4.16. The van der Waals surface area contributed by atoms with E-state index in [9.17, 15) is 5.26 Å². The SMILES string of the molecule is CCCCSc1nc(C)cc(-c2ccccc2)c1C#N. The van der Waals surface area contributed by atoms with Gasteiger partial charge >= 0.3 is 0 Å². The quantitative estimate of drug-likeness (QED) is 0.582. The number of hydrogen-bond donors (Lipinski definition) is 0. The van der Waals surface area contributed by atoms with Gasteiger partial charge in [-0.3, -0.25) is 0 Å². The van der Waals surface area contributed by atoms with Gasteiger partial charge in [0.1, 0.15) is 11.1 Å². The molecule has 20 heavy (non-hydrogen) atoms. The second-order valence-corrected chi connectivity index (χ2v) is 5.75. The minimum atomic E-state index is 0.697. The lowest BCUT2D eigenvalue weighted by molar-refractivity contribution is 0.893. The fraction of sp³-hybridized carbons (Fsp3) is 0.294. The molecule has 0 saturated carbocycles. The smallest absolute Gasteiger partial charge is 0.115 e. The number of pyridine rings is 1. The molecule has 0 radical (unpaired) electrons. The summed E-state index contributed by atoms with van der Waals surface area (Å²) in [6, 6.07) is 14.4. The molecule has 0 unspecified atom stereocenters. The molecule has 0 aliphatic heterocycles. The van der Waals surface area contributed by atoms with Crippen LogP contribution in [0.25, 0.3) is 11.1 Å². The van der Waals surface area contributed by atoms with Crippen LogP contribution in [0.3, 0.4) is 0 Å². The van der Waals surface area contributed by atoms with E-state index in [0.717, 1.165) is 40.4 Å². The van der Waals surface area contributed by atoms with Crippen molar-refractivity contribution in [2.45, 2.75) is 31.7 Å². The first-order valence-electron chi connectivity index (χ1n) is 6.86. The lowest BCUT2D eigenvalue weighted by atomic mass is 10.0. The van der Waals surface area contributed by atoms with Crippen molar-refractivity contribution < 1.29 is 0 Å². The van der Waals surface area contributed by atoms with Gasteiger partial charge in [0.25, 0.3) is 0 Å². The van der Waals surface area contributed by atoms with Gasteiger partial charge in [0.05, 0.1) is 5.56 Å². The number of aryl methyl sites for hydroxylation is 1. The lowest BCUT2D eigenvalue weighted by Gasteiger charge is -2.10. The van der Waals surface area contributed by atoms with Crippen molar-refractivity contribution in [1.82, 2.24) is 4.98 Å². The van der Waals surface area contributed by atoms with Crippen LogP contribution in [0.15, 0.2) is 41.4 Å². The molecule has 0 spiro atoms. The summed E-state index contributed by atoms with van der Waals surface area (Å²) in [4.78, 5) is 4.54. The number of unbranched alkanes of at least 4 members (excludes halogenated alkanes) is 1. The van der Waals surface area contributed by atoms with Crippen LogP contribution >= 0.6 is 11.8 Å². The molecule has 0 N–H and O–H groups in total. The zero-order chi connectivity index (χ0) is 14.4. The molecule has 2 aromatic rings. The van der Waals surface area contributed by atoms with E-state index in [1.165, 1.54) is 0 Å². The van der Waals surface area contributed by atoms with Crippen LogP contribution in [0, 0.1) is 18.3 Å². The lowest BCUT2D eigenvalue weighted by Crippen LogP contribution is -1.95. The molecule has 3 heteroatoms. The maximum absolute atomic E-state index is 9.50. The van der Waals surface area contributed by atoms with Crippen molar-refractivity contribution >= 4 is 11.8 Å². The van der Waals surface area contributed by atoms with Crippen molar-refractivity contribution in [2.24, 2.45) is 0 Å². The Bertz CT molecular complexity index is 615. The Morgan fingerprint density at radius 3 is 2.65 bits per heavy atom. The Kier molecular flexibility index (Phi) is 5.20. The van der Waals surface area contributed by atoms with Gasteiger partial charge < -0.3 is 0 Å². The second kappa shape index (κ2) is 7.12. The van der Waals surface area contributed by atoms with E-state index < -0.39 is 0 Å². The number of hydrogen-bond acceptors (Lipinski definition) is 3. The van der Waals surface area contributed by atoms with Gasteiger partial charge in [-0.05, 0) is 30.7 Å². The van der Waals surface area contributed by atoms with Crippen molar-refractivity contribution in [3.8, 4) is 17.2 Å². The molecule has 0 saturated heterocycles. The summed E-state index contributed by atoms with van der Waals surface area (Å²) in [5.74, 6) is 1.01. The molecule has 2 rings (SSSR count). The summed E-state index contributed by atoms with van der Waals surface area (Å²) in [6.07, 6.45) is 2.30. The van der Waals surface area contributed by atoms with Gasteiger partial charge in [-0.2, -0.15) is 5.26 Å². The third kappa shape index (κ3) is 3.40. The third-order valence-electron chi connectivity index (χ3n) is 3.05. The van der Waals surface area contributed by atoms with E-state index in [2.05, 4.69) is 18.0 Å². The van der Waals surface area contributed by atoms with Crippen LogP contribution in [-0.4, -0.2) is 10.7 Å². The summed E-state index contributed by atoms with van der Waals surface area (Å²) < 4.78 is 0. The fourth-order valence-corrected chi connectivity index (χ4v) is 3.15. The number of aromatic nitrogens is 1. The molecule has 1 aromatic heterocycles. The highest BCUT2D eigenvalue weighted by atomic mass is 32.2. The van der Waals surface area contributed by atoms with E-state index in [1.54, 1.807) is 11.8 Å². The molecule has 0 aliphatic carbocycles. The van der Waals surface area contributed by atoms with E-state index >= 15 is 0 Å². The Hall–Kier alpha value is -1.79. The maximum atomic E-state index is 9.50. The monoisotopic (exact) mass is 282 g/mol. The molecule has 1 aromatic carbocycles. The third-order valence-corrected chi connectivity index (χ3v) is 4.11. The highest BCUT2D eigenvalue weighted by Crippen LogP contribution is 2.31. The molecule has 0 amide bonds. The number of nitriles is 1. The summed E-state index contributed by atoms with van der Waals surface area (Å²) in [5, 5.41) is 10.4. The van der Waals surface area contributed by atoms with Gasteiger partial charge in [-0.15, -0.1) is 11.8 Å². The Labute approximate surface area is 124 Å². The number of thioether (sulfide) groups is 1. The zero-order valence-electron chi connectivity index (χ0n) is 11.9. The summed E-state index contributed by atoms with van der Waals surface area (Å²) in [7, 11) is 0. The Morgan fingerprint density at radius 2 is 2.00 bits per heavy atom. The predicted octanol–water partition coefficient (Wildman–Crippen LogP) is 4.82. The molecular formula is C17H18N2S. The van der Waals surface area contributed by atoms with Crippen LogP contribution in [0.1, 0.15) is 31.0 Å². The number of rotatable bonds is 5. The summed E-state index contributed by atoms with van der Waals surface area (Å²) >= 11 is 1.69. The van der Waals surface area contributed by atoms with Crippen molar-refractivity contribution in [2.75, 3.05) is 5.75 Å². The van der Waals surface area contributed by atoms with Gasteiger partial charge in [-0.25, -0.2) is 4.98 Å². The van der Waals surface area contributed by atoms with E-state index in [0.29, 0.717) is 5.56 Å². The van der Waals surface area contributed by atoms with Crippen LogP contribution < -0.4 is 0 Å². The van der Waals surface area contributed by atoms with Gasteiger partial charge in [0, 0.05) is 11.3 Å². The predicted molar refractivity (Wildman–Crippen MR) is 84.8 cm³/mol. The van der Waals surface area contributed by atoms with Crippen LogP contribution in [0.5, 0.6) is 0 Å².